The molecule has 2 unspecified atom stereocenters. The molecule has 1 heterocycles. The zero-order chi connectivity index (χ0) is 10.5. The van der Waals surface area contributed by atoms with E-state index in [4.69, 9.17) is 0 Å². The molecule has 15 heavy (non-hydrogen) atoms. The van der Waals surface area contributed by atoms with Gasteiger partial charge in [0.05, 0.1) is 5.51 Å². The average Bonchev–Trinajstić information content (AvgIpc) is 2.85. The maximum atomic E-state index is 4.10. The Morgan fingerprint density at radius 3 is 3.27 bits per heavy atom. The van der Waals surface area contributed by atoms with E-state index in [1.54, 1.807) is 11.3 Å². The van der Waals surface area contributed by atoms with Crippen molar-refractivity contribution >= 4 is 23.1 Å². The van der Waals surface area contributed by atoms with Crippen molar-refractivity contribution in [2.24, 2.45) is 0 Å². The molecule has 1 aliphatic carbocycles. The highest BCUT2D eigenvalue weighted by atomic mass is 32.2. The third-order valence-corrected chi connectivity index (χ3v) is 4.96. The number of nitrogens with zero attached hydrogens (tertiary/aromatic N) is 1. The number of nitrogens with one attached hydrogen (secondary N) is 1. The first-order chi connectivity index (χ1) is 7.40. The van der Waals surface area contributed by atoms with Gasteiger partial charge in [-0.25, -0.2) is 0 Å². The van der Waals surface area contributed by atoms with Crippen LogP contribution in [0.15, 0.2) is 11.7 Å². The van der Waals surface area contributed by atoms with Gasteiger partial charge in [-0.15, -0.1) is 11.3 Å². The van der Waals surface area contributed by atoms with Gasteiger partial charge in [-0.3, -0.25) is 4.98 Å². The number of hydrogen-bond donors (Lipinski definition) is 1. The molecule has 1 aliphatic rings. The van der Waals surface area contributed by atoms with Gasteiger partial charge in [0.1, 0.15) is 0 Å². The number of rotatable bonds is 5. The van der Waals surface area contributed by atoms with Crippen LogP contribution >= 0.6 is 23.1 Å². The monoisotopic (exact) mass is 242 g/mol. The van der Waals surface area contributed by atoms with Crippen LogP contribution in [0.1, 0.15) is 31.1 Å². The van der Waals surface area contributed by atoms with Gasteiger partial charge < -0.3 is 5.32 Å². The summed E-state index contributed by atoms with van der Waals surface area (Å²) in [5.41, 5.74) is 1.91. The largest absolute Gasteiger partial charge is 0.308 e. The van der Waals surface area contributed by atoms with E-state index in [0.29, 0.717) is 0 Å². The SMILES string of the molecule is CCSC1CCCC1NCc1cncs1. The summed E-state index contributed by atoms with van der Waals surface area (Å²) < 4.78 is 0. The molecule has 0 bridgehead atoms. The molecule has 0 spiro atoms. The molecule has 0 saturated heterocycles. The van der Waals surface area contributed by atoms with E-state index < -0.39 is 0 Å². The normalized spacial score (nSPS) is 25.9. The highest BCUT2D eigenvalue weighted by Gasteiger charge is 2.26. The summed E-state index contributed by atoms with van der Waals surface area (Å²) in [6.45, 7) is 3.25. The van der Waals surface area contributed by atoms with Gasteiger partial charge in [-0.2, -0.15) is 11.8 Å². The molecular weight excluding hydrogens is 224 g/mol. The molecule has 1 aromatic heterocycles. The second-order valence-corrected chi connectivity index (χ2v) is 6.37. The lowest BCUT2D eigenvalue weighted by molar-refractivity contribution is 0.535. The van der Waals surface area contributed by atoms with Gasteiger partial charge in [0, 0.05) is 28.9 Å². The van der Waals surface area contributed by atoms with Crippen LogP contribution in [0.3, 0.4) is 0 Å². The van der Waals surface area contributed by atoms with Crippen molar-refractivity contribution in [3.8, 4) is 0 Å². The van der Waals surface area contributed by atoms with Crippen LogP contribution in [0.5, 0.6) is 0 Å². The zero-order valence-electron chi connectivity index (χ0n) is 9.11. The summed E-state index contributed by atoms with van der Waals surface area (Å²) in [7, 11) is 0. The Labute approximate surface area is 99.9 Å². The molecule has 0 radical (unpaired) electrons. The average molecular weight is 242 g/mol. The summed E-state index contributed by atoms with van der Waals surface area (Å²) in [5, 5.41) is 4.50. The first kappa shape index (κ1) is 11.4. The Kier molecular flexibility index (Phi) is 4.47. The summed E-state index contributed by atoms with van der Waals surface area (Å²) in [6.07, 6.45) is 6.09. The minimum Gasteiger partial charge on any atom is -0.308 e. The molecule has 0 aromatic carbocycles. The predicted molar refractivity (Wildman–Crippen MR) is 68.5 cm³/mol. The smallest absolute Gasteiger partial charge is 0.0794 e. The maximum absolute atomic E-state index is 4.10. The van der Waals surface area contributed by atoms with E-state index in [0.717, 1.165) is 17.8 Å². The Balaban J connectivity index is 1.78. The molecule has 2 nitrogen and oxygen atoms in total. The van der Waals surface area contributed by atoms with Crippen LogP contribution in [0.25, 0.3) is 0 Å². The zero-order valence-corrected chi connectivity index (χ0v) is 10.7. The fourth-order valence-electron chi connectivity index (χ4n) is 2.13. The lowest BCUT2D eigenvalue weighted by Gasteiger charge is -2.19. The number of aromatic nitrogens is 1. The maximum Gasteiger partial charge on any atom is 0.0794 e. The van der Waals surface area contributed by atoms with Crippen LogP contribution in [-0.2, 0) is 6.54 Å². The van der Waals surface area contributed by atoms with Crippen molar-refractivity contribution in [2.45, 2.75) is 44.0 Å². The van der Waals surface area contributed by atoms with Gasteiger partial charge >= 0.3 is 0 Å². The first-order valence-corrected chi connectivity index (χ1v) is 7.55. The van der Waals surface area contributed by atoms with Gasteiger partial charge in [0.2, 0.25) is 0 Å². The summed E-state index contributed by atoms with van der Waals surface area (Å²) in [4.78, 5) is 5.45. The minimum absolute atomic E-state index is 0.719. The highest BCUT2D eigenvalue weighted by Crippen LogP contribution is 2.30. The number of thioether (sulfide) groups is 1. The highest BCUT2D eigenvalue weighted by molar-refractivity contribution is 7.99. The molecule has 1 aromatic rings. The van der Waals surface area contributed by atoms with Gasteiger partial charge in [0.15, 0.2) is 0 Å². The Morgan fingerprint density at radius 1 is 1.60 bits per heavy atom. The van der Waals surface area contributed by atoms with E-state index in [2.05, 4.69) is 29.0 Å². The second kappa shape index (κ2) is 5.87. The lowest BCUT2D eigenvalue weighted by Crippen LogP contribution is -2.33. The number of thiazole rings is 1. The number of hydrogen-bond acceptors (Lipinski definition) is 4. The third-order valence-electron chi connectivity index (χ3n) is 2.86. The minimum atomic E-state index is 0.719. The molecule has 1 N–H and O–H groups in total. The van der Waals surface area contributed by atoms with Crippen molar-refractivity contribution in [1.29, 1.82) is 0 Å². The molecule has 0 amide bonds. The van der Waals surface area contributed by atoms with Crippen molar-refractivity contribution in [2.75, 3.05) is 5.75 Å². The quantitative estimate of drug-likeness (QED) is 0.859. The van der Waals surface area contributed by atoms with Crippen LogP contribution in [0, 0.1) is 0 Å². The molecule has 0 aliphatic heterocycles. The van der Waals surface area contributed by atoms with Crippen molar-refractivity contribution in [3.63, 3.8) is 0 Å². The van der Waals surface area contributed by atoms with E-state index in [1.807, 2.05) is 11.7 Å². The topological polar surface area (TPSA) is 24.9 Å². The molecule has 84 valence electrons. The Morgan fingerprint density at radius 2 is 2.53 bits per heavy atom. The lowest BCUT2D eigenvalue weighted by atomic mass is 10.2. The molecule has 1 fully saturated rings. The fraction of sp³-hybridized carbons (Fsp3) is 0.727. The van der Waals surface area contributed by atoms with Crippen LogP contribution in [0.4, 0.5) is 0 Å². The molecular formula is C11H18N2S2. The fourth-order valence-corrected chi connectivity index (χ4v) is 3.91. The van der Waals surface area contributed by atoms with E-state index >= 15 is 0 Å². The van der Waals surface area contributed by atoms with Crippen molar-refractivity contribution in [1.82, 2.24) is 10.3 Å². The van der Waals surface area contributed by atoms with E-state index in [9.17, 15) is 0 Å². The van der Waals surface area contributed by atoms with Crippen LogP contribution in [-0.4, -0.2) is 22.0 Å². The van der Waals surface area contributed by atoms with E-state index in [1.165, 1.54) is 29.9 Å². The molecule has 2 atom stereocenters. The van der Waals surface area contributed by atoms with Gasteiger partial charge in [-0.1, -0.05) is 13.3 Å². The standard InChI is InChI=1S/C11H18N2S2/c1-2-14-11-5-3-4-10(11)13-7-9-6-12-8-15-9/h6,8,10-11,13H,2-5,7H2,1H3. The molecule has 1 saturated carbocycles. The van der Waals surface area contributed by atoms with Gasteiger partial charge in [-0.05, 0) is 18.6 Å². The van der Waals surface area contributed by atoms with Gasteiger partial charge in [0.25, 0.3) is 0 Å². The second-order valence-electron chi connectivity index (χ2n) is 3.88. The Bertz CT molecular complexity index is 274. The van der Waals surface area contributed by atoms with Crippen molar-refractivity contribution < 1.29 is 0 Å². The summed E-state index contributed by atoms with van der Waals surface area (Å²) >= 11 is 3.85. The van der Waals surface area contributed by atoms with E-state index in [-0.39, 0.29) is 0 Å². The van der Waals surface area contributed by atoms with Crippen LogP contribution < -0.4 is 5.32 Å². The predicted octanol–water partition coefficient (Wildman–Crippen LogP) is 2.91. The van der Waals surface area contributed by atoms with Crippen LogP contribution in [0.2, 0.25) is 0 Å². The summed E-state index contributed by atoms with van der Waals surface area (Å²) in [5.74, 6) is 1.24. The first-order valence-electron chi connectivity index (χ1n) is 5.62. The summed E-state index contributed by atoms with van der Waals surface area (Å²) in [6, 6.07) is 0.719. The molecule has 4 heteroatoms. The Hall–Kier alpha value is -0.0600. The van der Waals surface area contributed by atoms with Crippen molar-refractivity contribution in [3.05, 3.63) is 16.6 Å². The third kappa shape index (κ3) is 3.20. The molecule has 2 rings (SSSR count).